The fourth-order valence-electron chi connectivity index (χ4n) is 4.48. The predicted molar refractivity (Wildman–Crippen MR) is 113 cm³/mol. The van der Waals surface area contributed by atoms with Crippen molar-refractivity contribution in [2.75, 3.05) is 32.8 Å². The van der Waals surface area contributed by atoms with E-state index in [1.165, 1.54) is 5.56 Å². The Hall–Kier alpha value is -2.37. The van der Waals surface area contributed by atoms with Crippen molar-refractivity contribution in [3.8, 4) is 5.75 Å². The zero-order chi connectivity index (χ0) is 20.7. The minimum atomic E-state index is -0.853. The standard InChI is InChI=1S/C24H31NO4/c1-2-25-15-13-24(14-16-25,20-8-4-3-5-9-20)23-19(7-6-10-21(23)26)11-17-29-18-12-22(27)28/h3-10,26H,2,11-18H2,1H3,(H,27,28). The van der Waals surface area contributed by atoms with Crippen molar-refractivity contribution in [1.82, 2.24) is 4.90 Å². The van der Waals surface area contributed by atoms with Gasteiger partial charge in [-0.1, -0.05) is 49.4 Å². The minimum Gasteiger partial charge on any atom is -0.508 e. The van der Waals surface area contributed by atoms with Gasteiger partial charge in [0.1, 0.15) is 5.75 Å². The molecule has 2 aromatic rings. The molecule has 1 heterocycles. The number of carboxylic acid groups (broad SMARTS) is 1. The highest BCUT2D eigenvalue weighted by atomic mass is 16.5. The number of piperidine rings is 1. The smallest absolute Gasteiger partial charge is 0.305 e. The summed E-state index contributed by atoms with van der Waals surface area (Å²) in [7, 11) is 0. The van der Waals surface area contributed by atoms with Crippen molar-refractivity contribution < 1.29 is 19.7 Å². The Kier molecular flexibility index (Phi) is 7.29. The van der Waals surface area contributed by atoms with Crippen LogP contribution in [0.5, 0.6) is 5.75 Å². The predicted octanol–water partition coefficient (Wildman–Crippen LogP) is 3.83. The molecule has 5 heteroatoms. The lowest BCUT2D eigenvalue weighted by atomic mass is 9.66. The van der Waals surface area contributed by atoms with Crippen LogP contribution in [0.25, 0.3) is 0 Å². The number of carbonyl (C=O) groups is 1. The van der Waals surface area contributed by atoms with E-state index in [0.717, 1.165) is 43.6 Å². The van der Waals surface area contributed by atoms with E-state index >= 15 is 0 Å². The molecule has 0 spiro atoms. The second-order valence-corrected chi connectivity index (χ2v) is 7.70. The molecule has 1 aliphatic rings. The Bertz CT molecular complexity index is 798. The second-order valence-electron chi connectivity index (χ2n) is 7.70. The molecule has 0 unspecified atom stereocenters. The molecular weight excluding hydrogens is 366 g/mol. The molecule has 156 valence electrons. The van der Waals surface area contributed by atoms with E-state index in [-0.39, 0.29) is 18.4 Å². The summed E-state index contributed by atoms with van der Waals surface area (Å²) >= 11 is 0. The van der Waals surface area contributed by atoms with Crippen molar-refractivity contribution in [1.29, 1.82) is 0 Å². The maximum absolute atomic E-state index is 10.9. The number of aliphatic carboxylic acids is 1. The average Bonchev–Trinajstić information content (AvgIpc) is 2.74. The maximum Gasteiger partial charge on any atom is 0.305 e. The molecule has 1 saturated heterocycles. The van der Waals surface area contributed by atoms with Gasteiger partial charge in [0.25, 0.3) is 0 Å². The van der Waals surface area contributed by atoms with Gasteiger partial charge in [-0.05, 0) is 56.1 Å². The van der Waals surface area contributed by atoms with Crippen LogP contribution in [0.4, 0.5) is 0 Å². The molecule has 0 aliphatic carbocycles. The molecule has 1 aliphatic heterocycles. The van der Waals surface area contributed by atoms with E-state index in [0.29, 0.717) is 18.8 Å². The molecule has 5 nitrogen and oxygen atoms in total. The first-order valence-electron chi connectivity index (χ1n) is 10.5. The molecule has 0 radical (unpaired) electrons. The first kappa shape index (κ1) is 21.3. The third-order valence-corrected chi connectivity index (χ3v) is 6.07. The summed E-state index contributed by atoms with van der Waals surface area (Å²) in [5, 5.41) is 19.7. The first-order chi connectivity index (χ1) is 14.1. The molecule has 0 amide bonds. The van der Waals surface area contributed by atoms with Crippen LogP contribution in [0.1, 0.15) is 42.9 Å². The highest BCUT2D eigenvalue weighted by Crippen LogP contribution is 2.46. The number of likely N-dealkylation sites (tertiary alicyclic amines) is 1. The highest BCUT2D eigenvalue weighted by Gasteiger charge is 2.40. The van der Waals surface area contributed by atoms with Crippen LogP contribution in [-0.2, 0) is 21.4 Å². The summed E-state index contributed by atoms with van der Waals surface area (Å²) < 4.78 is 5.53. The maximum atomic E-state index is 10.9. The molecule has 0 atom stereocenters. The van der Waals surface area contributed by atoms with Crippen LogP contribution >= 0.6 is 0 Å². The number of hydrogen-bond donors (Lipinski definition) is 2. The lowest BCUT2D eigenvalue weighted by Gasteiger charge is -2.43. The second kappa shape index (κ2) is 9.90. The number of nitrogens with zero attached hydrogens (tertiary/aromatic N) is 1. The molecule has 3 rings (SSSR count). The summed E-state index contributed by atoms with van der Waals surface area (Å²) in [6.07, 6.45) is 2.56. The number of benzene rings is 2. The van der Waals surface area contributed by atoms with Gasteiger partial charge in [-0.2, -0.15) is 0 Å². The summed E-state index contributed by atoms with van der Waals surface area (Å²) in [6.45, 7) is 5.86. The van der Waals surface area contributed by atoms with E-state index in [1.54, 1.807) is 6.07 Å². The van der Waals surface area contributed by atoms with Crippen LogP contribution in [0.2, 0.25) is 0 Å². The number of aromatic hydroxyl groups is 1. The lowest BCUT2D eigenvalue weighted by molar-refractivity contribution is -0.138. The summed E-state index contributed by atoms with van der Waals surface area (Å²) in [5.74, 6) is -0.518. The largest absolute Gasteiger partial charge is 0.508 e. The first-order valence-corrected chi connectivity index (χ1v) is 10.5. The topological polar surface area (TPSA) is 70.0 Å². The fourth-order valence-corrected chi connectivity index (χ4v) is 4.48. The van der Waals surface area contributed by atoms with Crippen LogP contribution in [0.15, 0.2) is 48.5 Å². The number of ether oxygens (including phenoxy) is 1. The number of hydrogen-bond acceptors (Lipinski definition) is 4. The number of phenols is 1. The van der Waals surface area contributed by atoms with Gasteiger partial charge in [-0.15, -0.1) is 0 Å². The van der Waals surface area contributed by atoms with Crippen molar-refractivity contribution in [3.63, 3.8) is 0 Å². The Labute approximate surface area is 172 Å². The Morgan fingerprint density at radius 2 is 1.79 bits per heavy atom. The number of phenolic OH excluding ortho intramolecular Hbond substituents is 1. The van der Waals surface area contributed by atoms with Crippen molar-refractivity contribution in [3.05, 3.63) is 65.2 Å². The van der Waals surface area contributed by atoms with Gasteiger partial charge in [0.15, 0.2) is 0 Å². The van der Waals surface area contributed by atoms with Gasteiger partial charge in [-0.3, -0.25) is 4.79 Å². The van der Waals surface area contributed by atoms with Crippen molar-refractivity contribution in [2.24, 2.45) is 0 Å². The van der Waals surface area contributed by atoms with Gasteiger partial charge >= 0.3 is 5.97 Å². The van der Waals surface area contributed by atoms with Gasteiger partial charge in [0, 0.05) is 11.0 Å². The molecule has 2 N–H and O–H groups in total. The van der Waals surface area contributed by atoms with E-state index in [2.05, 4.69) is 42.2 Å². The third-order valence-electron chi connectivity index (χ3n) is 6.07. The molecule has 0 bridgehead atoms. The molecule has 2 aromatic carbocycles. The highest BCUT2D eigenvalue weighted by molar-refractivity contribution is 5.66. The number of carboxylic acids is 1. The summed E-state index contributed by atoms with van der Waals surface area (Å²) in [4.78, 5) is 13.1. The van der Waals surface area contributed by atoms with Crippen LogP contribution in [0, 0.1) is 0 Å². The Morgan fingerprint density at radius 3 is 2.45 bits per heavy atom. The zero-order valence-electron chi connectivity index (χ0n) is 17.1. The van der Waals surface area contributed by atoms with E-state index in [1.807, 2.05) is 12.1 Å². The monoisotopic (exact) mass is 397 g/mol. The molecule has 29 heavy (non-hydrogen) atoms. The Morgan fingerprint density at radius 1 is 1.07 bits per heavy atom. The zero-order valence-corrected chi connectivity index (χ0v) is 17.1. The summed E-state index contributed by atoms with van der Waals surface area (Å²) in [6, 6.07) is 16.2. The lowest BCUT2D eigenvalue weighted by Crippen LogP contribution is -2.43. The quantitative estimate of drug-likeness (QED) is 0.630. The van der Waals surface area contributed by atoms with Crippen LogP contribution < -0.4 is 0 Å². The SMILES string of the molecule is CCN1CCC(c2ccccc2)(c2c(O)cccc2CCOCCC(=O)O)CC1. The van der Waals surface area contributed by atoms with Crippen molar-refractivity contribution in [2.45, 2.75) is 38.0 Å². The summed E-state index contributed by atoms with van der Waals surface area (Å²) in [5.41, 5.74) is 3.09. The van der Waals surface area contributed by atoms with Gasteiger partial charge in [0.05, 0.1) is 19.6 Å². The number of rotatable bonds is 9. The average molecular weight is 398 g/mol. The molecule has 0 saturated carbocycles. The minimum absolute atomic E-state index is 0.00764. The Balaban J connectivity index is 1.91. The van der Waals surface area contributed by atoms with Crippen molar-refractivity contribution >= 4 is 5.97 Å². The van der Waals surface area contributed by atoms with Gasteiger partial charge in [-0.25, -0.2) is 0 Å². The van der Waals surface area contributed by atoms with E-state index in [9.17, 15) is 9.90 Å². The van der Waals surface area contributed by atoms with E-state index in [4.69, 9.17) is 9.84 Å². The van der Waals surface area contributed by atoms with Gasteiger partial charge in [0.2, 0.25) is 0 Å². The third kappa shape index (κ3) is 4.98. The normalized spacial score (nSPS) is 16.6. The van der Waals surface area contributed by atoms with Crippen LogP contribution in [0.3, 0.4) is 0 Å². The molecular formula is C24H31NO4. The molecule has 1 fully saturated rings. The van der Waals surface area contributed by atoms with Gasteiger partial charge < -0.3 is 19.8 Å². The fraction of sp³-hybridized carbons (Fsp3) is 0.458. The van der Waals surface area contributed by atoms with E-state index < -0.39 is 5.97 Å². The van der Waals surface area contributed by atoms with Crippen LogP contribution in [-0.4, -0.2) is 53.9 Å². The molecule has 0 aromatic heterocycles.